The number of hydrogen-bond acceptors (Lipinski definition) is 3. The average Bonchev–Trinajstić information content (AvgIpc) is 2.69. The maximum absolute atomic E-state index is 11.6. The molecule has 1 saturated heterocycles. The van der Waals surface area contributed by atoms with Gasteiger partial charge >= 0.3 is 0 Å². The number of carbonyl (C=O) groups excluding carboxylic acids is 2. The van der Waals surface area contributed by atoms with Gasteiger partial charge in [0, 0.05) is 6.61 Å². The van der Waals surface area contributed by atoms with Crippen LogP contribution in [0.1, 0.15) is 12.8 Å². The van der Waals surface area contributed by atoms with Gasteiger partial charge in [-0.1, -0.05) is 6.08 Å². The monoisotopic (exact) mass is 212 g/mol. The van der Waals surface area contributed by atoms with Gasteiger partial charge < -0.3 is 15.8 Å². The summed E-state index contributed by atoms with van der Waals surface area (Å²) in [6.07, 6.45) is 2.61. The Kier molecular flexibility index (Phi) is 4.30. The fourth-order valence-electron chi connectivity index (χ4n) is 1.44. The Morgan fingerprint density at radius 2 is 2.40 bits per heavy atom. The molecule has 0 aliphatic carbocycles. The van der Waals surface area contributed by atoms with E-state index in [9.17, 15) is 9.59 Å². The zero-order valence-corrected chi connectivity index (χ0v) is 8.57. The lowest BCUT2D eigenvalue weighted by molar-refractivity contribution is -0.129. The molecule has 0 aromatic rings. The van der Waals surface area contributed by atoms with E-state index >= 15 is 0 Å². The number of rotatable bonds is 5. The summed E-state index contributed by atoms with van der Waals surface area (Å²) in [7, 11) is 0. The molecule has 5 nitrogen and oxygen atoms in total. The van der Waals surface area contributed by atoms with Crippen LogP contribution in [0, 0.1) is 5.92 Å². The summed E-state index contributed by atoms with van der Waals surface area (Å²) in [4.78, 5) is 22.6. The summed E-state index contributed by atoms with van der Waals surface area (Å²) >= 11 is 0. The van der Waals surface area contributed by atoms with Crippen LogP contribution < -0.4 is 11.1 Å². The summed E-state index contributed by atoms with van der Waals surface area (Å²) in [6.45, 7) is 4.52. The number of nitrogens with one attached hydrogen (secondary N) is 1. The van der Waals surface area contributed by atoms with Gasteiger partial charge in [-0.25, -0.2) is 0 Å². The van der Waals surface area contributed by atoms with Crippen LogP contribution in [0.25, 0.3) is 0 Å². The van der Waals surface area contributed by atoms with E-state index in [-0.39, 0.29) is 11.8 Å². The van der Waals surface area contributed by atoms with Crippen LogP contribution in [-0.2, 0) is 14.3 Å². The first-order valence-corrected chi connectivity index (χ1v) is 4.93. The third-order valence-electron chi connectivity index (χ3n) is 2.36. The van der Waals surface area contributed by atoms with Gasteiger partial charge in [0.25, 0.3) is 0 Å². The van der Waals surface area contributed by atoms with E-state index in [0.29, 0.717) is 26.1 Å². The molecule has 84 valence electrons. The van der Waals surface area contributed by atoms with Crippen molar-refractivity contribution in [2.45, 2.75) is 18.9 Å². The largest absolute Gasteiger partial charge is 0.381 e. The van der Waals surface area contributed by atoms with Crippen molar-refractivity contribution in [3.8, 4) is 0 Å². The molecular weight excluding hydrogens is 196 g/mol. The molecule has 3 N–H and O–H groups in total. The lowest BCUT2D eigenvalue weighted by Gasteiger charge is -2.15. The standard InChI is InChI=1S/C10H16N2O3/c1-2-3-8(9(11)13)12-10(14)7-4-5-15-6-7/h2,7-8H,1,3-6H2,(H2,11,13)(H,12,14)/t7-,8-/m1/s1. The topological polar surface area (TPSA) is 81.4 Å². The third kappa shape index (κ3) is 3.36. The number of amides is 2. The highest BCUT2D eigenvalue weighted by Gasteiger charge is 2.26. The first kappa shape index (κ1) is 11.7. The van der Waals surface area contributed by atoms with Gasteiger partial charge in [-0.05, 0) is 12.8 Å². The molecule has 15 heavy (non-hydrogen) atoms. The van der Waals surface area contributed by atoms with E-state index in [2.05, 4.69) is 11.9 Å². The Labute approximate surface area is 88.7 Å². The van der Waals surface area contributed by atoms with Crippen LogP contribution in [0.5, 0.6) is 0 Å². The normalized spacial score (nSPS) is 22.0. The van der Waals surface area contributed by atoms with Crippen LogP contribution in [0.2, 0.25) is 0 Å². The van der Waals surface area contributed by atoms with E-state index in [1.807, 2.05) is 0 Å². The molecule has 0 bridgehead atoms. The summed E-state index contributed by atoms with van der Waals surface area (Å²) < 4.78 is 5.08. The van der Waals surface area contributed by atoms with Gasteiger partial charge in [0.05, 0.1) is 12.5 Å². The van der Waals surface area contributed by atoms with Crippen molar-refractivity contribution in [2.75, 3.05) is 13.2 Å². The molecule has 1 rings (SSSR count). The molecule has 2 amide bonds. The van der Waals surface area contributed by atoms with Gasteiger partial charge in [-0.15, -0.1) is 6.58 Å². The fraction of sp³-hybridized carbons (Fsp3) is 0.600. The van der Waals surface area contributed by atoms with E-state index in [1.165, 1.54) is 0 Å². The van der Waals surface area contributed by atoms with Crippen LogP contribution in [0.15, 0.2) is 12.7 Å². The predicted octanol–water partition coefficient (Wildman–Crippen LogP) is -0.431. The molecule has 2 atom stereocenters. The fourth-order valence-corrected chi connectivity index (χ4v) is 1.44. The molecule has 1 aliphatic rings. The molecule has 0 unspecified atom stereocenters. The lowest BCUT2D eigenvalue weighted by atomic mass is 10.1. The van der Waals surface area contributed by atoms with E-state index in [4.69, 9.17) is 10.5 Å². The first-order valence-electron chi connectivity index (χ1n) is 4.93. The SMILES string of the molecule is C=CC[C@@H](NC(=O)[C@@H]1CCOC1)C(N)=O. The summed E-state index contributed by atoms with van der Waals surface area (Å²) in [5, 5.41) is 2.59. The van der Waals surface area contributed by atoms with E-state index in [0.717, 1.165) is 0 Å². The molecule has 0 aromatic heterocycles. The number of nitrogens with two attached hydrogens (primary N) is 1. The van der Waals surface area contributed by atoms with Crippen LogP contribution >= 0.6 is 0 Å². The second-order valence-electron chi connectivity index (χ2n) is 3.55. The van der Waals surface area contributed by atoms with Gasteiger partial charge in [-0.3, -0.25) is 9.59 Å². The molecule has 5 heteroatoms. The molecule has 1 fully saturated rings. The van der Waals surface area contributed by atoms with Crippen LogP contribution in [0.4, 0.5) is 0 Å². The average molecular weight is 212 g/mol. The van der Waals surface area contributed by atoms with E-state index < -0.39 is 11.9 Å². The Bertz CT molecular complexity index is 259. The molecular formula is C10H16N2O3. The van der Waals surface area contributed by atoms with Gasteiger partial charge in [-0.2, -0.15) is 0 Å². The van der Waals surface area contributed by atoms with Crippen molar-refractivity contribution in [2.24, 2.45) is 11.7 Å². The molecule has 1 heterocycles. The summed E-state index contributed by atoms with van der Waals surface area (Å²) in [5.41, 5.74) is 5.14. The first-order chi connectivity index (χ1) is 7.15. The van der Waals surface area contributed by atoms with Crippen LogP contribution in [-0.4, -0.2) is 31.1 Å². The minimum Gasteiger partial charge on any atom is -0.381 e. The van der Waals surface area contributed by atoms with E-state index in [1.54, 1.807) is 6.08 Å². The minimum atomic E-state index is -0.657. The molecule has 1 aliphatic heterocycles. The maximum Gasteiger partial charge on any atom is 0.240 e. The van der Waals surface area contributed by atoms with Crippen molar-refractivity contribution >= 4 is 11.8 Å². The Hall–Kier alpha value is -1.36. The second-order valence-corrected chi connectivity index (χ2v) is 3.55. The highest BCUT2D eigenvalue weighted by molar-refractivity contribution is 5.87. The summed E-state index contributed by atoms with van der Waals surface area (Å²) in [6, 6.07) is -0.657. The van der Waals surface area contributed by atoms with Gasteiger partial charge in [0.15, 0.2) is 0 Å². The van der Waals surface area contributed by atoms with Gasteiger partial charge in [0.1, 0.15) is 6.04 Å². The third-order valence-corrected chi connectivity index (χ3v) is 2.36. The molecule has 0 radical (unpaired) electrons. The number of carbonyl (C=O) groups is 2. The molecule has 0 aromatic carbocycles. The zero-order valence-electron chi connectivity index (χ0n) is 8.57. The predicted molar refractivity (Wildman–Crippen MR) is 54.9 cm³/mol. The summed E-state index contributed by atoms with van der Waals surface area (Å²) in [5.74, 6) is -0.864. The van der Waals surface area contributed by atoms with Crippen molar-refractivity contribution in [1.29, 1.82) is 0 Å². The van der Waals surface area contributed by atoms with Crippen LogP contribution in [0.3, 0.4) is 0 Å². The van der Waals surface area contributed by atoms with Crippen molar-refractivity contribution in [1.82, 2.24) is 5.32 Å². The number of primary amides is 1. The Balaban J connectivity index is 2.45. The maximum atomic E-state index is 11.6. The Morgan fingerprint density at radius 1 is 1.67 bits per heavy atom. The molecule has 0 saturated carbocycles. The highest BCUT2D eigenvalue weighted by Crippen LogP contribution is 2.12. The highest BCUT2D eigenvalue weighted by atomic mass is 16.5. The number of ether oxygens (including phenoxy) is 1. The number of hydrogen-bond donors (Lipinski definition) is 2. The smallest absolute Gasteiger partial charge is 0.240 e. The second kappa shape index (κ2) is 5.50. The quantitative estimate of drug-likeness (QED) is 0.607. The molecule has 0 spiro atoms. The Morgan fingerprint density at radius 3 is 2.87 bits per heavy atom. The zero-order chi connectivity index (χ0) is 11.3. The van der Waals surface area contributed by atoms with Crippen molar-refractivity contribution in [3.05, 3.63) is 12.7 Å². The van der Waals surface area contributed by atoms with Crippen molar-refractivity contribution in [3.63, 3.8) is 0 Å². The lowest BCUT2D eigenvalue weighted by Crippen LogP contribution is -2.46. The minimum absolute atomic E-state index is 0.156. The van der Waals surface area contributed by atoms with Crippen molar-refractivity contribution < 1.29 is 14.3 Å². The van der Waals surface area contributed by atoms with Gasteiger partial charge in [0.2, 0.25) is 11.8 Å².